The van der Waals surface area contributed by atoms with Gasteiger partial charge < -0.3 is 9.47 Å². The van der Waals surface area contributed by atoms with Crippen LogP contribution in [0.2, 0.25) is 0 Å². The summed E-state index contributed by atoms with van der Waals surface area (Å²) in [6, 6.07) is 0. The minimum atomic E-state index is -0.341. The molecule has 134 heavy (non-hydrogen) atoms. The number of carbonyl (C=O) groups excluding carboxylic acids is 14. The molecule has 20 heteroatoms. The van der Waals surface area contributed by atoms with Crippen LogP contribution in [0.15, 0.2) is 0 Å². The Balaban J connectivity index is 0.000000769. The summed E-state index contributed by atoms with van der Waals surface area (Å²) in [5.41, 5.74) is 0. The molecular formula is C114H204N4O16. The van der Waals surface area contributed by atoms with E-state index in [2.05, 4.69) is 138 Å². The van der Waals surface area contributed by atoms with Gasteiger partial charge in [0.15, 0.2) is 0 Å². The lowest BCUT2D eigenvalue weighted by Crippen LogP contribution is -2.44. The molecule has 776 valence electrons. The fraction of sp³-hybridized carbons (Fsp3) is 0.877. The summed E-state index contributed by atoms with van der Waals surface area (Å²) in [6.07, 6.45) is 33.5. The first-order valence-corrected chi connectivity index (χ1v) is 54.2. The number of nitrogens with zero attached hydrogens (tertiary/aromatic N) is 4. The molecule has 8 amide bonds. The molecule has 0 N–H and O–H groups in total. The van der Waals surface area contributed by atoms with Gasteiger partial charge in [0.1, 0.15) is 41.4 Å². The highest BCUT2D eigenvalue weighted by Gasteiger charge is 2.47. The summed E-state index contributed by atoms with van der Waals surface area (Å²) in [4.78, 5) is 171. The predicted octanol–water partition coefficient (Wildman–Crippen LogP) is 25.6. The van der Waals surface area contributed by atoms with Crippen LogP contribution in [0.1, 0.15) is 433 Å². The van der Waals surface area contributed by atoms with E-state index in [0.29, 0.717) is 135 Å². The Labute approximate surface area is 818 Å². The summed E-state index contributed by atoms with van der Waals surface area (Å²) in [5.74, 6) is 12.6. The Morgan fingerprint density at radius 1 is 0.261 bits per heavy atom. The van der Waals surface area contributed by atoms with E-state index in [0.717, 1.165) is 160 Å². The first-order chi connectivity index (χ1) is 62.5. The molecular weight excluding hydrogens is 1680 g/mol. The molecule has 4 aliphatic heterocycles. The van der Waals surface area contributed by atoms with E-state index in [4.69, 9.17) is 9.47 Å². The third kappa shape index (κ3) is 51.6. The zero-order valence-electron chi connectivity index (χ0n) is 91.8. The van der Waals surface area contributed by atoms with Crippen LogP contribution in [0.4, 0.5) is 0 Å². The molecule has 4 saturated heterocycles. The molecule has 8 rings (SSSR count). The van der Waals surface area contributed by atoms with Crippen molar-refractivity contribution in [3.05, 3.63) is 0 Å². The van der Waals surface area contributed by atoms with Crippen LogP contribution in [0.5, 0.6) is 0 Å². The molecule has 4 aliphatic carbocycles. The van der Waals surface area contributed by atoms with Crippen LogP contribution in [0.3, 0.4) is 0 Å². The van der Waals surface area contributed by atoms with Gasteiger partial charge in [-0.2, -0.15) is 0 Å². The van der Waals surface area contributed by atoms with Crippen molar-refractivity contribution in [3.63, 3.8) is 0 Å². The second-order valence-corrected chi connectivity index (χ2v) is 47.8. The number of rotatable bonds is 44. The van der Waals surface area contributed by atoms with Gasteiger partial charge in [-0.25, -0.2) is 0 Å². The van der Waals surface area contributed by atoms with Gasteiger partial charge in [-0.1, -0.05) is 222 Å². The first kappa shape index (κ1) is 127. The van der Waals surface area contributed by atoms with E-state index in [9.17, 15) is 67.1 Å². The lowest BCUT2D eigenvalue weighted by atomic mass is 9.76. The van der Waals surface area contributed by atoms with Gasteiger partial charge in [-0.3, -0.25) is 86.7 Å². The average Bonchev–Trinajstić information content (AvgIpc) is 1.62. The van der Waals surface area contributed by atoms with Gasteiger partial charge in [0.2, 0.25) is 47.3 Å². The minimum absolute atomic E-state index is 0.0160. The van der Waals surface area contributed by atoms with Crippen LogP contribution in [0.25, 0.3) is 0 Å². The standard InChI is InChI=1S/2C16H30O.C15H22N2O4.2C15H28O.2C14H25NO3.C9H16O2/c2*1-12(2)5-10-16(17)15-8-6-14(7-9-15)11-13(3)4;1-8(2)10-5-12(18)16(14(10)20)7-17-13(19)6-11(9(3)4)15(17)21;2*1-11(2)9-13-5-7-14(8-6-13)15(16)10-12(3)4;2*1-10(2)5-7-18-8-6-15-13(16)9-12(11(3)4)14(15)17;1-6(2)8(10)5-9(11)7(3)4/h2*12-15H,5-11H2,1-4H3;8-11H,5-7H2,1-4H3;2*11-14H,5-10H2,1-4H3;2*10-12H,5-9H2,1-4H3;6-7H,5H2,1-4H3. The number of hydrogen-bond donors (Lipinski definition) is 0. The second kappa shape index (κ2) is 67.0. The lowest BCUT2D eigenvalue weighted by molar-refractivity contribution is -0.149. The molecule has 0 aromatic rings. The Kier molecular flexibility index (Phi) is 63.3. The Morgan fingerprint density at radius 2 is 0.478 bits per heavy atom. The molecule has 4 saturated carbocycles. The molecule has 0 bridgehead atoms. The number of Topliss-reactive ketones (excluding diaryl/α,β-unsaturated/α-hetero) is 6. The Hall–Kier alpha value is -5.50. The SMILES string of the molecule is CC(C)C(=O)CC(=O)C(C)C.CC(C)C1CC(=O)N(CN2C(=O)CC(C(C)C)C2=O)C1=O.CC(C)CC(=O)C1CCC(CC(C)C)CC1.CC(C)CC(=O)C1CCC(CC(C)C)CC1.CC(C)CCC(=O)C1CCC(CC(C)C)CC1.CC(C)CCC(=O)C1CCC(CC(C)C)CC1.CC(C)CCOCCN1C(=O)CC(C(C)C)C1=O.CC(C)CCOCCN1C(=O)CC(C(C)C)C1=O. The van der Waals surface area contributed by atoms with E-state index in [-0.39, 0.29) is 144 Å². The van der Waals surface area contributed by atoms with Gasteiger partial charge in [0, 0.05) is 124 Å². The summed E-state index contributed by atoms with van der Waals surface area (Å²) in [5, 5.41) is 0. The van der Waals surface area contributed by atoms with Crippen LogP contribution in [-0.4, -0.2) is 148 Å². The maximum absolute atomic E-state index is 12.2. The quantitative estimate of drug-likeness (QED) is 0.0311. The molecule has 4 heterocycles. The normalized spacial score (nSPS) is 23.4. The van der Waals surface area contributed by atoms with E-state index in [1.807, 2.05) is 83.1 Å². The fourth-order valence-electron chi connectivity index (χ4n) is 19.5. The topological polar surface area (TPSA) is 270 Å². The molecule has 0 aromatic heterocycles. The number of ether oxygens (including phenoxy) is 2. The maximum Gasteiger partial charge on any atom is 0.234 e. The van der Waals surface area contributed by atoms with Gasteiger partial charge >= 0.3 is 0 Å². The van der Waals surface area contributed by atoms with Crippen molar-refractivity contribution in [2.45, 2.75) is 433 Å². The van der Waals surface area contributed by atoms with Gasteiger partial charge in [-0.05, 0) is 261 Å². The number of amides is 8. The first-order valence-electron chi connectivity index (χ1n) is 54.2. The molecule has 0 radical (unpaired) electrons. The molecule has 0 spiro atoms. The van der Waals surface area contributed by atoms with Crippen molar-refractivity contribution in [1.29, 1.82) is 0 Å². The van der Waals surface area contributed by atoms with Gasteiger partial charge in [0.25, 0.3) is 0 Å². The van der Waals surface area contributed by atoms with Gasteiger partial charge in [-0.15, -0.1) is 0 Å². The summed E-state index contributed by atoms with van der Waals surface area (Å²) in [7, 11) is 0. The van der Waals surface area contributed by atoms with E-state index in [1.54, 1.807) is 0 Å². The molecule has 4 atom stereocenters. The summed E-state index contributed by atoms with van der Waals surface area (Å²) in [6.45, 7) is 70.0. The average molecular weight is 1890 g/mol. The zero-order valence-corrected chi connectivity index (χ0v) is 91.8. The van der Waals surface area contributed by atoms with Crippen molar-refractivity contribution in [2.24, 2.45) is 166 Å². The number of likely N-dealkylation sites (tertiary alicyclic amines) is 4. The van der Waals surface area contributed by atoms with Crippen molar-refractivity contribution in [3.8, 4) is 0 Å². The number of carbonyl (C=O) groups is 14. The molecule has 8 fully saturated rings. The Morgan fingerprint density at radius 3 is 0.672 bits per heavy atom. The highest BCUT2D eigenvalue weighted by Crippen LogP contribution is 2.40. The third-order valence-electron chi connectivity index (χ3n) is 28.4. The highest BCUT2D eigenvalue weighted by molar-refractivity contribution is 6.07. The molecule has 8 aliphatic rings. The largest absolute Gasteiger partial charge is 0.380 e. The molecule has 4 unspecified atom stereocenters. The Bertz CT molecular complexity index is 3220. The van der Waals surface area contributed by atoms with Crippen molar-refractivity contribution >= 4 is 82.0 Å². The number of ketones is 6. The zero-order chi connectivity index (χ0) is 102. The van der Waals surface area contributed by atoms with E-state index >= 15 is 0 Å². The molecule has 0 aromatic carbocycles. The third-order valence-corrected chi connectivity index (χ3v) is 28.4. The van der Waals surface area contributed by atoms with Gasteiger partial charge in [0.05, 0.1) is 32.7 Å². The van der Waals surface area contributed by atoms with Crippen molar-refractivity contribution < 1.29 is 76.6 Å². The van der Waals surface area contributed by atoms with Crippen LogP contribution >= 0.6 is 0 Å². The number of hydrogen-bond acceptors (Lipinski definition) is 16. The van der Waals surface area contributed by atoms with E-state index in [1.165, 1.54) is 86.8 Å². The number of imide groups is 4. The maximum atomic E-state index is 12.2. The monoisotopic (exact) mass is 1890 g/mol. The minimum Gasteiger partial charge on any atom is -0.380 e. The van der Waals surface area contributed by atoms with Crippen LogP contribution < -0.4 is 0 Å². The second-order valence-electron chi connectivity index (χ2n) is 47.8. The van der Waals surface area contributed by atoms with Crippen molar-refractivity contribution in [2.75, 3.05) is 46.2 Å². The van der Waals surface area contributed by atoms with Crippen LogP contribution in [0, 0.1) is 166 Å². The molecule has 20 nitrogen and oxygen atoms in total. The van der Waals surface area contributed by atoms with Crippen LogP contribution in [-0.2, 0) is 76.6 Å². The smallest absolute Gasteiger partial charge is 0.234 e. The van der Waals surface area contributed by atoms with Crippen molar-refractivity contribution in [1.82, 2.24) is 19.6 Å². The fourth-order valence-corrected chi connectivity index (χ4v) is 19.5. The summed E-state index contributed by atoms with van der Waals surface area (Å²) >= 11 is 0. The lowest BCUT2D eigenvalue weighted by Gasteiger charge is -2.29. The van der Waals surface area contributed by atoms with E-state index < -0.39 is 0 Å². The highest BCUT2D eigenvalue weighted by atomic mass is 16.5. The predicted molar refractivity (Wildman–Crippen MR) is 545 cm³/mol. The summed E-state index contributed by atoms with van der Waals surface area (Å²) < 4.78 is 10.9.